The van der Waals surface area contributed by atoms with E-state index < -0.39 is 0 Å². The van der Waals surface area contributed by atoms with Gasteiger partial charge in [0.15, 0.2) is 0 Å². The lowest BCUT2D eigenvalue weighted by Gasteiger charge is -2.08. The van der Waals surface area contributed by atoms with Crippen LogP contribution in [0.15, 0.2) is 30.5 Å². The van der Waals surface area contributed by atoms with Gasteiger partial charge in [-0.2, -0.15) is 5.10 Å². The predicted octanol–water partition coefficient (Wildman–Crippen LogP) is 3.12. The zero-order valence-corrected chi connectivity index (χ0v) is 16.6. The standard InChI is InChI=1S/C20H23ClN6O/c1-14-17(13-23-27(14)16-7-5-6-15(21)12-16)20(28)22-10-9-19-25-24-18-8-3-2-4-11-26(18)19/h5-7,12-13H,2-4,8-11H2,1H3,(H,22,28). The van der Waals surface area contributed by atoms with Gasteiger partial charge < -0.3 is 9.88 Å². The SMILES string of the molecule is Cc1c(C(=O)NCCc2nnc3n2CCCCC3)cnn1-c1cccc(Cl)c1. The number of nitrogens with one attached hydrogen (secondary N) is 1. The fraction of sp³-hybridized carbons (Fsp3) is 0.400. The largest absolute Gasteiger partial charge is 0.351 e. The highest BCUT2D eigenvalue weighted by Gasteiger charge is 2.17. The number of benzene rings is 1. The number of aryl methyl sites for hydroxylation is 1. The molecule has 0 unspecified atom stereocenters. The fourth-order valence-corrected chi connectivity index (χ4v) is 3.80. The summed E-state index contributed by atoms with van der Waals surface area (Å²) in [5.41, 5.74) is 2.16. The highest BCUT2D eigenvalue weighted by atomic mass is 35.5. The third-order valence-electron chi connectivity index (χ3n) is 5.13. The molecule has 1 aliphatic rings. The Morgan fingerprint density at radius 1 is 1.25 bits per heavy atom. The molecule has 0 saturated heterocycles. The number of hydrogen-bond donors (Lipinski definition) is 1. The van der Waals surface area contributed by atoms with Crippen LogP contribution in [-0.2, 0) is 19.4 Å². The van der Waals surface area contributed by atoms with E-state index in [4.69, 9.17) is 11.6 Å². The second kappa shape index (κ2) is 8.14. The van der Waals surface area contributed by atoms with Crippen molar-refractivity contribution >= 4 is 17.5 Å². The van der Waals surface area contributed by atoms with Crippen LogP contribution in [0.4, 0.5) is 0 Å². The highest BCUT2D eigenvalue weighted by Crippen LogP contribution is 2.18. The summed E-state index contributed by atoms with van der Waals surface area (Å²) in [7, 11) is 0. The maximum absolute atomic E-state index is 12.6. The quantitative estimate of drug-likeness (QED) is 0.716. The van der Waals surface area contributed by atoms with Gasteiger partial charge in [0.05, 0.1) is 23.1 Å². The second-order valence-corrected chi connectivity index (χ2v) is 7.47. The van der Waals surface area contributed by atoms with Crippen molar-refractivity contribution in [3.8, 4) is 5.69 Å². The molecule has 0 spiro atoms. The van der Waals surface area contributed by atoms with Gasteiger partial charge in [-0.05, 0) is 38.0 Å². The molecule has 7 nitrogen and oxygen atoms in total. The molecule has 28 heavy (non-hydrogen) atoms. The van der Waals surface area contributed by atoms with E-state index in [2.05, 4.69) is 25.2 Å². The van der Waals surface area contributed by atoms with Crippen molar-refractivity contribution in [2.75, 3.05) is 6.54 Å². The molecule has 0 saturated carbocycles. The minimum Gasteiger partial charge on any atom is -0.351 e. The molecule has 1 N–H and O–H groups in total. The van der Waals surface area contributed by atoms with Crippen molar-refractivity contribution in [1.29, 1.82) is 0 Å². The average molecular weight is 399 g/mol. The zero-order chi connectivity index (χ0) is 19.5. The molecule has 0 radical (unpaired) electrons. The van der Waals surface area contributed by atoms with E-state index in [9.17, 15) is 4.79 Å². The third kappa shape index (κ3) is 3.80. The predicted molar refractivity (Wildman–Crippen MR) is 107 cm³/mol. The molecule has 3 heterocycles. The number of nitrogens with zero attached hydrogens (tertiary/aromatic N) is 5. The molecule has 3 aromatic rings. The van der Waals surface area contributed by atoms with E-state index in [0.717, 1.165) is 42.4 Å². The summed E-state index contributed by atoms with van der Waals surface area (Å²) < 4.78 is 3.93. The van der Waals surface area contributed by atoms with E-state index >= 15 is 0 Å². The second-order valence-electron chi connectivity index (χ2n) is 7.04. The van der Waals surface area contributed by atoms with Crippen LogP contribution in [0.3, 0.4) is 0 Å². The molecule has 1 aromatic carbocycles. The lowest BCUT2D eigenvalue weighted by atomic mass is 10.2. The Morgan fingerprint density at radius 2 is 2.14 bits per heavy atom. The molecule has 0 bridgehead atoms. The van der Waals surface area contributed by atoms with Gasteiger partial charge in [0, 0.05) is 31.0 Å². The average Bonchev–Trinajstić information content (AvgIpc) is 3.16. The molecular formula is C20H23ClN6O. The van der Waals surface area contributed by atoms with Crippen LogP contribution in [0.5, 0.6) is 0 Å². The van der Waals surface area contributed by atoms with Crippen molar-refractivity contribution < 1.29 is 4.79 Å². The van der Waals surface area contributed by atoms with Gasteiger partial charge in [0.1, 0.15) is 11.6 Å². The summed E-state index contributed by atoms with van der Waals surface area (Å²) in [6.07, 6.45) is 6.81. The zero-order valence-electron chi connectivity index (χ0n) is 15.9. The number of halogens is 1. The number of carbonyl (C=O) groups excluding carboxylic acids is 1. The smallest absolute Gasteiger partial charge is 0.254 e. The Labute approximate surface area is 168 Å². The molecule has 4 rings (SSSR count). The monoisotopic (exact) mass is 398 g/mol. The number of carbonyl (C=O) groups is 1. The number of hydrogen-bond acceptors (Lipinski definition) is 4. The highest BCUT2D eigenvalue weighted by molar-refractivity contribution is 6.30. The minimum atomic E-state index is -0.138. The molecule has 0 atom stereocenters. The fourth-order valence-electron chi connectivity index (χ4n) is 3.61. The molecule has 1 amide bonds. The van der Waals surface area contributed by atoms with Crippen molar-refractivity contribution in [3.63, 3.8) is 0 Å². The first-order valence-electron chi connectivity index (χ1n) is 9.63. The summed E-state index contributed by atoms with van der Waals surface area (Å²) in [5.74, 6) is 1.88. The van der Waals surface area contributed by atoms with Crippen LogP contribution in [0, 0.1) is 6.92 Å². The first kappa shape index (κ1) is 18.7. The number of fused-ring (bicyclic) bond motifs is 1. The molecule has 0 aliphatic carbocycles. The van der Waals surface area contributed by atoms with Crippen LogP contribution in [0.25, 0.3) is 5.69 Å². The maximum atomic E-state index is 12.6. The van der Waals surface area contributed by atoms with Gasteiger partial charge in [-0.3, -0.25) is 4.79 Å². The van der Waals surface area contributed by atoms with Crippen molar-refractivity contribution in [1.82, 2.24) is 29.9 Å². The van der Waals surface area contributed by atoms with Crippen LogP contribution in [0.2, 0.25) is 5.02 Å². The lowest BCUT2D eigenvalue weighted by molar-refractivity contribution is 0.0953. The van der Waals surface area contributed by atoms with Gasteiger partial charge >= 0.3 is 0 Å². The van der Waals surface area contributed by atoms with Crippen molar-refractivity contribution in [2.24, 2.45) is 0 Å². The van der Waals surface area contributed by atoms with E-state index in [1.165, 1.54) is 12.8 Å². The van der Waals surface area contributed by atoms with Crippen molar-refractivity contribution in [3.05, 3.63) is 58.4 Å². The molecule has 1 aliphatic heterocycles. The molecule has 0 fully saturated rings. The molecule has 8 heteroatoms. The van der Waals surface area contributed by atoms with E-state index in [1.807, 2.05) is 31.2 Å². The number of aromatic nitrogens is 5. The van der Waals surface area contributed by atoms with Gasteiger partial charge in [0.2, 0.25) is 0 Å². The molecule has 2 aromatic heterocycles. The summed E-state index contributed by atoms with van der Waals surface area (Å²) in [6.45, 7) is 3.36. The van der Waals surface area contributed by atoms with Gasteiger partial charge in [0.25, 0.3) is 5.91 Å². The topological polar surface area (TPSA) is 77.6 Å². The lowest BCUT2D eigenvalue weighted by Crippen LogP contribution is -2.27. The Balaban J connectivity index is 1.40. The van der Waals surface area contributed by atoms with E-state index in [0.29, 0.717) is 23.6 Å². The van der Waals surface area contributed by atoms with Crippen LogP contribution < -0.4 is 5.32 Å². The van der Waals surface area contributed by atoms with E-state index in [-0.39, 0.29) is 5.91 Å². The normalized spacial score (nSPS) is 13.8. The van der Waals surface area contributed by atoms with Crippen LogP contribution in [-0.4, -0.2) is 37.0 Å². The first-order valence-corrected chi connectivity index (χ1v) is 10.0. The summed E-state index contributed by atoms with van der Waals surface area (Å²) in [5, 5.41) is 16.6. The summed E-state index contributed by atoms with van der Waals surface area (Å²) in [4.78, 5) is 12.6. The van der Waals surface area contributed by atoms with Crippen molar-refractivity contribution in [2.45, 2.75) is 45.6 Å². The number of amides is 1. The Morgan fingerprint density at radius 3 is 3.00 bits per heavy atom. The van der Waals surface area contributed by atoms with E-state index in [1.54, 1.807) is 10.9 Å². The maximum Gasteiger partial charge on any atom is 0.254 e. The summed E-state index contributed by atoms with van der Waals surface area (Å²) >= 11 is 6.06. The van der Waals surface area contributed by atoms with Gasteiger partial charge in [-0.25, -0.2) is 4.68 Å². The third-order valence-corrected chi connectivity index (χ3v) is 5.36. The first-order chi connectivity index (χ1) is 13.6. The minimum absolute atomic E-state index is 0.138. The Kier molecular flexibility index (Phi) is 5.43. The van der Waals surface area contributed by atoms with Crippen LogP contribution >= 0.6 is 11.6 Å². The van der Waals surface area contributed by atoms with Gasteiger partial charge in [-0.15, -0.1) is 10.2 Å². The van der Waals surface area contributed by atoms with Crippen LogP contribution in [0.1, 0.15) is 47.0 Å². The molecular weight excluding hydrogens is 376 g/mol. The molecule has 146 valence electrons. The number of rotatable bonds is 5. The Hall–Kier alpha value is -2.67. The Bertz CT molecular complexity index is 992. The summed E-state index contributed by atoms with van der Waals surface area (Å²) in [6, 6.07) is 7.40. The van der Waals surface area contributed by atoms with Gasteiger partial charge in [-0.1, -0.05) is 24.1 Å².